The van der Waals surface area contributed by atoms with E-state index in [-0.39, 0.29) is 17.1 Å². The highest BCUT2D eigenvalue weighted by molar-refractivity contribution is 7.08. The Hall–Kier alpha value is -2.21. The molecule has 0 fully saturated rings. The summed E-state index contributed by atoms with van der Waals surface area (Å²) in [6.07, 6.45) is 0. The lowest BCUT2D eigenvalue weighted by molar-refractivity contribution is 0.430. The molecular formula is C12H8FN3OS. The van der Waals surface area contributed by atoms with E-state index in [9.17, 15) is 4.39 Å². The van der Waals surface area contributed by atoms with Crippen molar-refractivity contribution in [3.8, 4) is 22.8 Å². The number of rotatable bonds is 2. The number of aromatic nitrogens is 2. The summed E-state index contributed by atoms with van der Waals surface area (Å²) in [7, 11) is 0. The molecule has 0 amide bonds. The number of hydrogen-bond donors (Lipinski definition) is 1. The number of nitrogen functional groups attached to an aromatic ring is 1. The molecular weight excluding hydrogens is 253 g/mol. The van der Waals surface area contributed by atoms with Gasteiger partial charge < -0.3 is 10.3 Å². The van der Waals surface area contributed by atoms with Crippen LogP contribution in [-0.4, -0.2) is 10.1 Å². The van der Waals surface area contributed by atoms with Crippen molar-refractivity contribution >= 4 is 17.0 Å². The van der Waals surface area contributed by atoms with Gasteiger partial charge in [0.05, 0.1) is 5.56 Å². The van der Waals surface area contributed by atoms with Crippen LogP contribution in [0.1, 0.15) is 0 Å². The lowest BCUT2D eigenvalue weighted by Crippen LogP contribution is -1.93. The minimum absolute atomic E-state index is 0.0896. The summed E-state index contributed by atoms with van der Waals surface area (Å²) in [6, 6.07) is 6.29. The molecule has 3 aromatic rings. The van der Waals surface area contributed by atoms with Crippen LogP contribution in [0.4, 0.5) is 10.1 Å². The van der Waals surface area contributed by atoms with Gasteiger partial charge in [0.25, 0.3) is 5.89 Å². The van der Waals surface area contributed by atoms with Crippen LogP contribution in [0.3, 0.4) is 0 Å². The highest BCUT2D eigenvalue weighted by Crippen LogP contribution is 2.29. The van der Waals surface area contributed by atoms with Gasteiger partial charge >= 0.3 is 0 Å². The fourth-order valence-electron chi connectivity index (χ4n) is 1.60. The van der Waals surface area contributed by atoms with Crippen LogP contribution in [0, 0.1) is 5.82 Å². The van der Waals surface area contributed by atoms with E-state index in [1.807, 2.05) is 16.8 Å². The number of hydrogen-bond acceptors (Lipinski definition) is 5. The number of benzene rings is 1. The zero-order chi connectivity index (χ0) is 12.5. The molecule has 0 saturated heterocycles. The Morgan fingerprint density at radius 3 is 2.89 bits per heavy atom. The van der Waals surface area contributed by atoms with Gasteiger partial charge in [-0.15, -0.1) is 0 Å². The van der Waals surface area contributed by atoms with Crippen LogP contribution in [0.15, 0.2) is 39.5 Å². The van der Waals surface area contributed by atoms with Gasteiger partial charge in [0.1, 0.15) is 5.82 Å². The third-order valence-corrected chi connectivity index (χ3v) is 3.15. The Kier molecular flexibility index (Phi) is 2.56. The molecule has 18 heavy (non-hydrogen) atoms. The van der Waals surface area contributed by atoms with Crippen molar-refractivity contribution in [2.75, 3.05) is 5.73 Å². The maximum absolute atomic E-state index is 13.7. The second kappa shape index (κ2) is 4.23. The molecule has 0 radical (unpaired) electrons. The van der Waals surface area contributed by atoms with Gasteiger partial charge in [-0.25, -0.2) is 4.39 Å². The molecule has 2 N–H and O–H groups in total. The molecule has 0 aliphatic carbocycles. The van der Waals surface area contributed by atoms with Crippen LogP contribution in [-0.2, 0) is 0 Å². The van der Waals surface area contributed by atoms with E-state index < -0.39 is 5.82 Å². The zero-order valence-electron chi connectivity index (χ0n) is 9.13. The largest absolute Gasteiger partial charge is 0.398 e. The van der Waals surface area contributed by atoms with Gasteiger partial charge in [-0.05, 0) is 23.6 Å². The zero-order valence-corrected chi connectivity index (χ0v) is 9.95. The first-order chi connectivity index (χ1) is 8.75. The van der Waals surface area contributed by atoms with E-state index in [0.29, 0.717) is 5.82 Å². The first kappa shape index (κ1) is 10.9. The minimum Gasteiger partial charge on any atom is -0.398 e. The van der Waals surface area contributed by atoms with E-state index in [1.165, 1.54) is 23.5 Å². The van der Waals surface area contributed by atoms with E-state index in [1.54, 1.807) is 6.07 Å². The molecule has 0 unspecified atom stereocenters. The van der Waals surface area contributed by atoms with E-state index in [2.05, 4.69) is 10.1 Å². The molecule has 4 nitrogen and oxygen atoms in total. The Morgan fingerprint density at radius 1 is 1.28 bits per heavy atom. The molecule has 1 aromatic carbocycles. The predicted octanol–water partition coefficient (Wildman–Crippen LogP) is 3.19. The fraction of sp³-hybridized carbons (Fsp3) is 0. The Labute approximate surface area is 106 Å². The van der Waals surface area contributed by atoms with Gasteiger partial charge in [-0.1, -0.05) is 11.2 Å². The normalized spacial score (nSPS) is 10.7. The van der Waals surface area contributed by atoms with Crippen molar-refractivity contribution in [3.63, 3.8) is 0 Å². The van der Waals surface area contributed by atoms with Crippen molar-refractivity contribution in [3.05, 3.63) is 40.8 Å². The number of anilines is 1. The van der Waals surface area contributed by atoms with Crippen molar-refractivity contribution in [2.24, 2.45) is 0 Å². The first-order valence-corrected chi connectivity index (χ1v) is 6.10. The molecule has 0 aliphatic heterocycles. The van der Waals surface area contributed by atoms with Crippen molar-refractivity contribution in [2.45, 2.75) is 0 Å². The maximum Gasteiger partial charge on any atom is 0.263 e. The van der Waals surface area contributed by atoms with Gasteiger partial charge in [-0.3, -0.25) is 0 Å². The number of nitrogens with zero attached hydrogens (tertiary/aromatic N) is 2. The summed E-state index contributed by atoms with van der Waals surface area (Å²) in [5.74, 6) is 0.0382. The lowest BCUT2D eigenvalue weighted by Gasteiger charge is -2.00. The van der Waals surface area contributed by atoms with Crippen LogP contribution < -0.4 is 5.73 Å². The van der Waals surface area contributed by atoms with Gasteiger partial charge in [0, 0.05) is 16.6 Å². The van der Waals surface area contributed by atoms with E-state index in [4.69, 9.17) is 10.3 Å². The SMILES string of the molecule is Nc1cccc(F)c1-c1nc(-c2ccsc2)no1. The molecule has 2 aromatic heterocycles. The van der Waals surface area contributed by atoms with Crippen LogP contribution in [0.2, 0.25) is 0 Å². The topological polar surface area (TPSA) is 64.9 Å². The van der Waals surface area contributed by atoms with Crippen LogP contribution in [0.25, 0.3) is 22.8 Å². The van der Waals surface area contributed by atoms with Crippen molar-refractivity contribution < 1.29 is 8.91 Å². The third kappa shape index (κ3) is 1.76. The predicted molar refractivity (Wildman–Crippen MR) is 67.4 cm³/mol. The highest BCUT2D eigenvalue weighted by Gasteiger charge is 2.16. The quantitative estimate of drug-likeness (QED) is 0.719. The van der Waals surface area contributed by atoms with Crippen LogP contribution >= 0.6 is 11.3 Å². The Morgan fingerprint density at radius 2 is 2.17 bits per heavy atom. The summed E-state index contributed by atoms with van der Waals surface area (Å²) in [5.41, 5.74) is 6.97. The van der Waals surface area contributed by atoms with Gasteiger partial charge in [0.15, 0.2) is 0 Å². The monoisotopic (exact) mass is 261 g/mol. The average molecular weight is 261 g/mol. The summed E-state index contributed by atoms with van der Waals surface area (Å²) >= 11 is 1.53. The fourth-order valence-corrected chi connectivity index (χ4v) is 2.23. The number of thiophene rings is 1. The summed E-state index contributed by atoms with van der Waals surface area (Å²) in [6.45, 7) is 0. The number of nitrogens with two attached hydrogens (primary N) is 1. The second-order valence-corrected chi connectivity index (χ2v) is 4.42. The van der Waals surface area contributed by atoms with Crippen molar-refractivity contribution in [1.29, 1.82) is 0 Å². The molecule has 0 spiro atoms. The average Bonchev–Trinajstić information content (AvgIpc) is 2.99. The van der Waals surface area contributed by atoms with E-state index >= 15 is 0 Å². The number of halogens is 1. The standard InChI is InChI=1S/C12H8FN3OS/c13-8-2-1-3-9(14)10(8)12-15-11(16-17-12)7-4-5-18-6-7/h1-6H,14H2. The van der Waals surface area contributed by atoms with Gasteiger partial charge in [-0.2, -0.15) is 16.3 Å². The molecule has 0 aliphatic rings. The molecule has 6 heteroatoms. The second-order valence-electron chi connectivity index (χ2n) is 3.64. The lowest BCUT2D eigenvalue weighted by atomic mass is 10.1. The maximum atomic E-state index is 13.7. The first-order valence-electron chi connectivity index (χ1n) is 5.16. The summed E-state index contributed by atoms with van der Waals surface area (Å²) in [5, 5.41) is 7.61. The van der Waals surface area contributed by atoms with Crippen molar-refractivity contribution in [1.82, 2.24) is 10.1 Å². The Balaban J connectivity index is 2.09. The molecule has 3 rings (SSSR count). The van der Waals surface area contributed by atoms with Gasteiger partial charge in [0.2, 0.25) is 5.82 Å². The molecule has 0 bridgehead atoms. The third-order valence-electron chi connectivity index (χ3n) is 2.47. The summed E-state index contributed by atoms with van der Waals surface area (Å²) in [4.78, 5) is 4.15. The minimum atomic E-state index is -0.476. The highest BCUT2D eigenvalue weighted by atomic mass is 32.1. The smallest absolute Gasteiger partial charge is 0.263 e. The molecule has 2 heterocycles. The molecule has 0 atom stereocenters. The van der Waals surface area contributed by atoms with Crippen LogP contribution in [0.5, 0.6) is 0 Å². The molecule has 0 saturated carbocycles. The van der Waals surface area contributed by atoms with E-state index in [0.717, 1.165) is 5.56 Å². The summed E-state index contributed by atoms with van der Waals surface area (Å²) < 4.78 is 18.7. The Bertz CT molecular complexity index is 658. The molecule has 90 valence electrons.